The van der Waals surface area contributed by atoms with Gasteiger partial charge in [0.15, 0.2) is 0 Å². The number of hydrogen-bond acceptors (Lipinski definition) is 6. The predicted molar refractivity (Wildman–Crippen MR) is 70.9 cm³/mol. The molecule has 0 saturated carbocycles. The molecule has 0 fully saturated rings. The molecule has 0 amide bonds. The van der Waals surface area contributed by atoms with E-state index in [0.717, 1.165) is 0 Å². The fourth-order valence-corrected chi connectivity index (χ4v) is 3.20. The van der Waals surface area contributed by atoms with E-state index in [-0.39, 0.29) is 18.9 Å². The topological polar surface area (TPSA) is 105 Å². The molecule has 2 N–H and O–H groups in total. The number of non-ortho nitro benzene ring substituents is 1. The Morgan fingerprint density at radius 3 is 2.42 bits per heavy atom. The van der Waals surface area contributed by atoms with Crippen molar-refractivity contribution in [2.75, 3.05) is 13.2 Å². The molecule has 19 heavy (non-hydrogen) atoms. The van der Waals surface area contributed by atoms with Crippen LogP contribution in [0.5, 0.6) is 0 Å². The van der Waals surface area contributed by atoms with Crippen LogP contribution in [0.25, 0.3) is 0 Å². The second kappa shape index (κ2) is 6.77. The molecule has 0 aliphatic rings. The van der Waals surface area contributed by atoms with Gasteiger partial charge in [-0.2, -0.15) is 0 Å². The highest BCUT2D eigenvalue weighted by atomic mass is 31.2. The van der Waals surface area contributed by atoms with Crippen LogP contribution in [0, 0.1) is 10.1 Å². The summed E-state index contributed by atoms with van der Waals surface area (Å²) in [5.74, 6) is -1.05. The van der Waals surface area contributed by atoms with Gasteiger partial charge in [-0.1, -0.05) is 12.1 Å². The zero-order valence-electron chi connectivity index (χ0n) is 10.8. The smallest absolute Gasteiger partial charge is 0.314 e. The van der Waals surface area contributed by atoms with E-state index in [4.69, 9.17) is 14.8 Å². The fraction of sp³-hybridized carbons (Fsp3) is 0.455. The lowest BCUT2D eigenvalue weighted by Crippen LogP contribution is -2.15. The highest BCUT2D eigenvalue weighted by Gasteiger charge is 2.34. The van der Waals surface area contributed by atoms with Gasteiger partial charge in [-0.25, -0.2) is 0 Å². The van der Waals surface area contributed by atoms with Crippen molar-refractivity contribution < 1.29 is 18.5 Å². The van der Waals surface area contributed by atoms with E-state index in [1.54, 1.807) is 19.9 Å². The van der Waals surface area contributed by atoms with E-state index in [9.17, 15) is 14.7 Å². The molecule has 0 aromatic heterocycles. The van der Waals surface area contributed by atoms with Crippen LogP contribution in [0.1, 0.15) is 25.2 Å². The Morgan fingerprint density at radius 1 is 1.37 bits per heavy atom. The first-order chi connectivity index (χ1) is 8.94. The maximum atomic E-state index is 12.5. The molecule has 8 heteroatoms. The van der Waals surface area contributed by atoms with E-state index in [0.29, 0.717) is 5.56 Å². The van der Waals surface area contributed by atoms with Gasteiger partial charge in [0, 0.05) is 12.1 Å². The summed E-state index contributed by atoms with van der Waals surface area (Å²) in [6.45, 7) is 3.71. The predicted octanol–water partition coefficient (Wildman–Crippen LogP) is 2.82. The number of rotatable bonds is 7. The van der Waals surface area contributed by atoms with Gasteiger partial charge in [0.25, 0.3) is 5.69 Å². The SMILES string of the molecule is CCOP(=O)(OCC)[C@H](N)c1cccc([N+](=O)[O-])c1. The lowest BCUT2D eigenvalue weighted by molar-refractivity contribution is -0.384. The zero-order valence-corrected chi connectivity index (χ0v) is 11.7. The second-order valence-corrected chi connectivity index (χ2v) is 5.82. The summed E-state index contributed by atoms with van der Waals surface area (Å²) in [6.07, 6.45) is 0. The molecular weight excluding hydrogens is 271 g/mol. The molecule has 0 bridgehead atoms. The number of nitro groups is 1. The monoisotopic (exact) mass is 288 g/mol. The number of benzene rings is 1. The largest absolute Gasteiger partial charge is 0.351 e. The van der Waals surface area contributed by atoms with Crippen LogP contribution >= 0.6 is 7.60 Å². The van der Waals surface area contributed by atoms with Crippen molar-refractivity contribution in [3.8, 4) is 0 Å². The molecule has 1 aromatic rings. The summed E-state index contributed by atoms with van der Waals surface area (Å²) in [5.41, 5.74) is 6.11. The third kappa shape index (κ3) is 3.84. The van der Waals surface area contributed by atoms with Crippen LogP contribution in [-0.4, -0.2) is 18.1 Å². The Hall–Kier alpha value is -1.27. The molecule has 0 unspecified atom stereocenters. The summed E-state index contributed by atoms with van der Waals surface area (Å²) in [4.78, 5) is 10.2. The molecule has 7 nitrogen and oxygen atoms in total. The van der Waals surface area contributed by atoms with Crippen molar-refractivity contribution in [3.05, 3.63) is 39.9 Å². The van der Waals surface area contributed by atoms with Crippen LogP contribution in [0.2, 0.25) is 0 Å². The molecule has 0 saturated heterocycles. The molecule has 106 valence electrons. The average Bonchev–Trinajstić information content (AvgIpc) is 2.38. The van der Waals surface area contributed by atoms with E-state index in [1.165, 1.54) is 18.2 Å². The minimum atomic E-state index is -3.53. The van der Waals surface area contributed by atoms with Crippen LogP contribution < -0.4 is 5.73 Å². The minimum Gasteiger partial charge on any atom is -0.314 e. The Bertz CT molecular complexity index is 484. The molecule has 0 aliphatic heterocycles. The van der Waals surface area contributed by atoms with Crippen molar-refractivity contribution >= 4 is 13.3 Å². The lowest BCUT2D eigenvalue weighted by Gasteiger charge is -2.23. The summed E-state index contributed by atoms with van der Waals surface area (Å²) >= 11 is 0. The standard InChI is InChI=1S/C11H17N2O5P/c1-3-17-19(16,18-4-2)11(12)9-6-5-7-10(8-9)13(14)15/h5-8,11H,3-4,12H2,1-2H3/t11-/m0/s1. The van der Waals surface area contributed by atoms with Gasteiger partial charge >= 0.3 is 7.60 Å². The molecule has 0 heterocycles. The Balaban J connectivity index is 3.09. The zero-order chi connectivity index (χ0) is 14.5. The van der Waals surface area contributed by atoms with E-state index in [1.807, 2.05) is 0 Å². The molecule has 1 rings (SSSR count). The highest BCUT2D eigenvalue weighted by Crippen LogP contribution is 2.58. The fourth-order valence-electron chi connectivity index (χ4n) is 1.56. The van der Waals surface area contributed by atoms with Crippen LogP contribution in [-0.2, 0) is 13.6 Å². The summed E-state index contributed by atoms with van der Waals surface area (Å²) in [5, 5.41) is 10.7. The van der Waals surface area contributed by atoms with Crippen molar-refractivity contribution in [1.82, 2.24) is 0 Å². The maximum Gasteiger partial charge on any atom is 0.351 e. The third-order valence-corrected chi connectivity index (χ3v) is 4.60. The Kier molecular flexibility index (Phi) is 5.62. The summed E-state index contributed by atoms with van der Waals surface area (Å²) in [6, 6.07) is 5.65. The summed E-state index contributed by atoms with van der Waals surface area (Å²) < 4.78 is 22.7. The van der Waals surface area contributed by atoms with E-state index < -0.39 is 18.3 Å². The van der Waals surface area contributed by atoms with Crippen molar-refractivity contribution in [3.63, 3.8) is 0 Å². The quantitative estimate of drug-likeness (QED) is 0.470. The van der Waals surface area contributed by atoms with Crippen molar-refractivity contribution in [2.45, 2.75) is 19.6 Å². The Morgan fingerprint density at radius 2 is 1.95 bits per heavy atom. The van der Waals surface area contributed by atoms with Crippen LogP contribution in [0.4, 0.5) is 5.69 Å². The van der Waals surface area contributed by atoms with Gasteiger partial charge in [-0.3, -0.25) is 14.7 Å². The van der Waals surface area contributed by atoms with Gasteiger partial charge in [0.1, 0.15) is 5.78 Å². The second-order valence-electron chi connectivity index (χ2n) is 3.67. The van der Waals surface area contributed by atoms with Gasteiger partial charge in [-0.05, 0) is 19.4 Å². The molecule has 0 spiro atoms. The van der Waals surface area contributed by atoms with E-state index in [2.05, 4.69) is 0 Å². The number of nitrogens with zero attached hydrogens (tertiary/aromatic N) is 1. The Labute approximate surface area is 111 Å². The molecular formula is C11H17N2O5P. The highest BCUT2D eigenvalue weighted by molar-refractivity contribution is 7.54. The normalized spacial score (nSPS) is 13.2. The molecule has 1 aromatic carbocycles. The third-order valence-electron chi connectivity index (χ3n) is 2.38. The maximum absolute atomic E-state index is 12.5. The van der Waals surface area contributed by atoms with Gasteiger partial charge in [-0.15, -0.1) is 0 Å². The first kappa shape index (κ1) is 15.8. The summed E-state index contributed by atoms with van der Waals surface area (Å²) in [7, 11) is -3.53. The lowest BCUT2D eigenvalue weighted by atomic mass is 10.2. The van der Waals surface area contributed by atoms with Crippen LogP contribution in [0.15, 0.2) is 24.3 Å². The van der Waals surface area contributed by atoms with Crippen LogP contribution in [0.3, 0.4) is 0 Å². The number of nitrogens with two attached hydrogens (primary N) is 1. The van der Waals surface area contributed by atoms with Gasteiger partial charge in [0.05, 0.1) is 18.1 Å². The molecule has 1 atom stereocenters. The average molecular weight is 288 g/mol. The van der Waals surface area contributed by atoms with Crippen molar-refractivity contribution in [1.29, 1.82) is 0 Å². The molecule has 0 aliphatic carbocycles. The first-order valence-electron chi connectivity index (χ1n) is 5.83. The minimum absolute atomic E-state index is 0.118. The number of hydrogen-bond donors (Lipinski definition) is 1. The van der Waals surface area contributed by atoms with Gasteiger partial charge in [0.2, 0.25) is 0 Å². The number of nitro benzene ring substituents is 1. The van der Waals surface area contributed by atoms with E-state index >= 15 is 0 Å². The first-order valence-corrected chi connectivity index (χ1v) is 7.44. The van der Waals surface area contributed by atoms with Gasteiger partial charge < -0.3 is 14.8 Å². The van der Waals surface area contributed by atoms with Crippen molar-refractivity contribution in [2.24, 2.45) is 5.73 Å². The molecule has 0 radical (unpaired) electrons.